The van der Waals surface area contributed by atoms with Gasteiger partial charge in [0, 0.05) is 24.5 Å². The molecule has 3 aromatic rings. The fourth-order valence-electron chi connectivity index (χ4n) is 3.44. The molecule has 2 aromatic carbocycles. The third-order valence-corrected chi connectivity index (χ3v) is 4.98. The van der Waals surface area contributed by atoms with Crippen LogP contribution in [0.2, 0.25) is 0 Å². The van der Waals surface area contributed by atoms with Crippen molar-refractivity contribution >= 4 is 23.1 Å². The molecule has 0 unspecified atom stereocenters. The minimum Gasteiger partial charge on any atom is -0.372 e. The number of amides is 1. The Morgan fingerprint density at radius 2 is 1.59 bits per heavy atom. The number of aromatic nitrogens is 2. The van der Waals surface area contributed by atoms with Crippen molar-refractivity contribution in [3.05, 3.63) is 71.5 Å². The van der Waals surface area contributed by atoms with Crippen molar-refractivity contribution in [2.24, 2.45) is 0 Å². The number of nitrogens with zero attached hydrogens (tertiary/aromatic N) is 3. The summed E-state index contributed by atoms with van der Waals surface area (Å²) >= 11 is 0. The highest BCUT2D eigenvalue weighted by molar-refractivity contribution is 6.47. The standard InChI is InChI=1S/C23H26N4O2/c1-5-26(6-2)19-14-12-18(13-15-19)24-23(29)22(28)21-16(3)25-27(17(21)4)20-10-8-7-9-11-20/h7-15H,5-6H2,1-4H3,(H,24,29). The van der Waals surface area contributed by atoms with Crippen molar-refractivity contribution < 1.29 is 9.59 Å². The van der Waals surface area contributed by atoms with E-state index >= 15 is 0 Å². The Morgan fingerprint density at radius 3 is 2.17 bits per heavy atom. The molecule has 150 valence electrons. The van der Waals surface area contributed by atoms with Crippen LogP contribution in [-0.4, -0.2) is 34.6 Å². The molecule has 0 spiro atoms. The summed E-state index contributed by atoms with van der Waals surface area (Å²) in [6.07, 6.45) is 0. The third-order valence-electron chi connectivity index (χ3n) is 4.98. The lowest BCUT2D eigenvalue weighted by Crippen LogP contribution is -2.24. The van der Waals surface area contributed by atoms with Gasteiger partial charge in [0.15, 0.2) is 0 Å². The van der Waals surface area contributed by atoms with Crippen molar-refractivity contribution in [3.63, 3.8) is 0 Å². The highest BCUT2D eigenvalue weighted by atomic mass is 16.2. The second-order valence-electron chi connectivity index (χ2n) is 6.80. The zero-order valence-corrected chi connectivity index (χ0v) is 17.3. The van der Waals surface area contributed by atoms with Gasteiger partial charge in [0.1, 0.15) is 0 Å². The number of hydrogen-bond acceptors (Lipinski definition) is 4. The van der Waals surface area contributed by atoms with Gasteiger partial charge in [-0.15, -0.1) is 0 Å². The molecule has 0 saturated carbocycles. The summed E-state index contributed by atoms with van der Waals surface area (Å²) in [5, 5.41) is 7.15. The molecular formula is C23H26N4O2. The van der Waals surface area contributed by atoms with Crippen molar-refractivity contribution in [3.8, 4) is 5.69 Å². The number of anilines is 2. The zero-order valence-electron chi connectivity index (χ0n) is 17.3. The van der Waals surface area contributed by atoms with Crippen molar-refractivity contribution in [1.29, 1.82) is 0 Å². The van der Waals surface area contributed by atoms with Crippen molar-refractivity contribution in [2.45, 2.75) is 27.7 Å². The fraction of sp³-hybridized carbons (Fsp3) is 0.261. The molecular weight excluding hydrogens is 364 g/mol. The molecule has 0 fully saturated rings. The Balaban J connectivity index is 1.79. The summed E-state index contributed by atoms with van der Waals surface area (Å²) in [4.78, 5) is 27.6. The van der Waals surface area contributed by atoms with E-state index < -0.39 is 11.7 Å². The van der Waals surface area contributed by atoms with E-state index in [-0.39, 0.29) is 0 Å². The first-order chi connectivity index (χ1) is 14.0. The minimum atomic E-state index is -0.667. The van der Waals surface area contributed by atoms with E-state index in [1.165, 1.54) is 0 Å². The average Bonchev–Trinajstić information content (AvgIpc) is 3.04. The van der Waals surface area contributed by atoms with Gasteiger partial charge in [0.2, 0.25) is 0 Å². The topological polar surface area (TPSA) is 67.2 Å². The summed E-state index contributed by atoms with van der Waals surface area (Å²) in [7, 11) is 0. The summed E-state index contributed by atoms with van der Waals surface area (Å²) in [6, 6.07) is 17.0. The predicted molar refractivity (Wildman–Crippen MR) is 116 cm³/mol. The van der Waals surface area contributed by atoms with Gasteiger partial charge in [-0.2, -0.15) is 5.10 Å². The van der Waals surface area contributed by atoms with Crippen LogP contribution in [0.3, 0.4) is 0 Å². The van der Waals surface area contributed by atoms with E-state index in [1.807, 2.05) is 54.6 Å². The molecule has 6 heteroatoms. The summed E-state index contributed by atoms with van der Waals surface area (Å²) < 4.78 is 1.69. The maximum Gasteiger partial charge on any atom is 0.296 e. The summed E-state index contributed by atoms with van der Waals surface area (Å²) in [5.74, 6) is -1.26. The number of Topliss-reactive ketones (excluding diaryl/α,β-unsaturated/α-hetero) is 1. The smallest absolute Gasteiger partial charge is 0.296 e. The van der Waals surface area contributed by atoms with Gasteiger partial charge in [-0.05, 0) is 64.1 Å². The minimum absolute atomic E-state index is 0.339. The average molecular weight is 390 g/mol. The number of para-hydroxylation sites is 1. The molecule has 0 saturated heterocycles. The Morgan fingerprint density at radius 1 is 0.966 bits per heavy atom. The Hall–Kier alpha value is -3.41. The van der Waals surface area contributed by atoms with E-state index in [9.17, 15) is 9.59 Å². The lowest BCUT2D eigenvalue weighted by Gasteiger charge is -2.21. The predicted octanol–water partition coefficient (Wildman–Crippen LogP) is 4.16. The van der Waals surface area contributed by atoms with E-state index in [2.05, 4.69) is 29.2 Å². The highest BCUT2D eigenvalue weighted by Crippen LogP contribution is 2.21. The molecule has 3 rings (SSSR count). The molecule has 0 aliphatic carbocycles. The number of rotatable bonds is 7. The number of hydrogen-bond donors (Lipinski definition) is 1. The molecule has 1 heterocycles. The molecule has 0 bridgehead atoms. The normalized spacial score (nSPS) is 10.6. The molecule has 0 atom stereocenters. The Labute approximate surface area is 171 Å². The number of carbonyl (C=O) groups is 2. The quantitative estimate of drug-likeness (QED) is 0.486. The lowest BCUT2D eigenvalue weighted by molar-refractivity contribution is -0.112. The SMILES string of the molecule is CCN(CC)c1ccc(NC(=O)C(=O)c2c(C)nn(-c3ccccc3)c2C)cc1. The van der Waals surface area contributed by atoms with E-state index in [4.69, 9.17) is 0 Å². The van der Waals surface area contributed by atoms with Crippen LogP contribution in [0.15, 0.2) is 54.6 Å². The van der Waals surface area contributed by atoms with Gasteiger partial charge in [-0.25, -0.2) is 4.68 Å². The fourth-order valence-corrected chi connectivity index (χ4v) is 3.44. The molecule has 0 radical (unpaired) electrons. The number of nitrogens with one attached hydrogen (secondary N) is 1. The molecule has 0 aliphatic rings. The highest BCUT2D eigenvalue weighted by Gasteiger charge is 2.25. The van der Waals surface area contributed by atoms with Crippen LogP contribution in [-0.2, 0) is 4.79 Å². The summed E-state index contributed by atoms with van der Waals surface area (Å²) in [6.45, 7) is 9.55. The third kappa shape index (κ3) is 4.21. The van der Waals surface area contributed by atoms with E-state index in [0.717, 1.165) is 24.5 Å². The molecule has 0 aliphatic heterocycles. The van der Waals surface area contributed by atoms with Crippen molar-refractivity contribution in [1.82, 2.24) is 9.78 Å². The largest absolute Gasteiger partial charge is 0.372 e. The molecule has 6 nitrogen and oxygen atoms in total. The van der Waals surface area contributed by atoms with Crippen LogP contribution in [0.1, 0.15) is 35.6 Å². The van der Waals surface area contributed by atoms with Gasteiger partial charge in [-0.1, -0.05) is 18.2 Å². The lowest BCUT2D eigenvalue weighted by atomic mass is 10.1. The second-order valence-corrected chi connectivity index (χ2v) is 6.80. The monoisotopic (exact) mass is 390 g/mol. The van der Waals surface area contributed by atoms with Gasteiger partial charge >= 0.3 is 0 Å². The first kappa shape index (κ1) is 20.3. The van der Waals surface area contributed by atoms with Crippen LogP contribution >= 0.6 is 0 Å². The van der Waals surface area contributed by atoms with E-state index in [1.54, 1.807) is 18.5 Å². The number of benzene rings is 2. The van der Waals surface area contributed by atoms with Crippen LogP contribution < -0.4 is 10.2 Å². The number of ketones is 1. The van der Waals surface area contributed by atoms with E-state index in [0.29, 0.717) is 22.6 Å². The van der Waals surface area contributed by atoms with Crippen molar-refractivity contribution in [2.75, 3.05) is 23.3 Å². The second kappa shape index (κ2) is 8.73. The maximum absolute atomic E-state index is 12.8. The van der Waals surface area contributed by atoms with Crippen LogP contribution in [0.25, 0.3) is 5.69 Å². The number of carbonyl (C=O) groups excluding carboxylic acids is 2. The van der Waals surface area contributed by atoms with Crippen LogP contribution in [0.5, 0.6) is 0 Å². The molecule has 1 N–H and O–H groups in total. The number of aryl methyl sites for hydroxylation is 1. The van der Waals surface area contributed by atoms with Crippen LogP contribution in [0.4, 0.5) is 11.4 Å². The van der Waals surface area contributed by atoms with Gasteiger partial charge in [0.05, 0.1) is 22.6 Å². The summed E-state index contributed by atoms with van der Waals surface area (Å²) in [5.41, 5.74) is 4.03. The van der Waals surface area contributed by atoms with Gasteiger partial charge in [-0.3, -0.25) is 9.59 Å². The van der Waals surface area contributed by atoms with Gasteiger partial charge < -0.3 is 10.2 Å². The molecule has 1 amide bonds. The maximum atomic E-state index is 12.8. The molecule has 1 aromatic heterocycles. The molecule has 29 heavy (non-hydrogen) atoms. The van der Waals surface area contributed by atoms with Crippen LogP contribution in [0, 0.1) is 13.8 Å². The zero-order chi connectivity index (χ0) is 21.0. The van der Waals surface area contributed by atoms with Gasteiger partial charge in [0.25, 0.3) is 11.7 Å². The first-order valence-corrected chi connectivity index (χ1v) is 9.78. The Bertz CT molecular complexity index is 1000. The first-order valence-electron chi connectivity index (χ1n) is 9.78. The Kier molecular flexibility index (Phi) is 6.12.